The van der Waals surface area contributed by atoms with Crippen LogP contribution in [-0.4, -0.2) is 25.8 Å². The van der Waals surface area contributed by atoms with Crippen LogP contribution < -0.4 is 5.32 Å². The van der Waals surface area contributed by atoms with Crippen molar-refractivity contribution >= 4 is 33.2 Å². The van der Waals surface area contributed by atoms with Crippen LogP contribution in [0.1, 0.15) is 24.5 Å². The van der Waals surface area contributed by atoms with E-state index in [1.807, 2.05) is 0 Å². The average molecular weight is 376 g/mol. The van der Waals surface area contributed by atoms with Crippen molar-refractivity contribution in [2.45, 2.75) is 36.0 Å². The topological polar surface area (TPSA) is 63.2 Å². The first-order chi connectivity index (χ1) is 12.0. The predicted molar refractivity (Wildman–Crippen MR) is 102 cm³/mol. The Morgan fingerprint density at radius 2 is 1.80 bits per heavy atom. The van der Waals surface area contributed by atoms with Crippen LogP contribution in [0.5, 0.6) is 0 Å². The minimum Gasteiger partial charge on any atom is -0.325 e. The van der Waals surface area contributed by atoms with Crippen LogP contribution in [-0.2, 0) is 27.5 Å². The van der Waals surface area contributed by atoms with Gasteiger partial charge in [0.1, 0.15) is 0 Å². The summed E-state index contributed by atoms with van der Waals surface area (Å²) in [7, 11) is -3.21. The van der Waals surface area contributed by atoms with E-state index >= 15 is 0 Å². The van der Waals surface area contributed by atoms with Gasteiger partial charge in [-0.25, -0.2) is 8.42 Å². The lowest BCUT2D eigenvalue weighted by molar-refractivity contribution is -0.113. The number of carbonyl (C=O) groups is 1. The SMILES string of the molecule is CCS(=O)(=O)c1ccc(NC(=O)CSc2ccc3c(c2)CCC3)cc1. The van der Waals surface area contributed by atoms with E-state index in [0.29, 0.717) is 11.4 Å². The van der Waals surface area contributed by atoms with E-state index in [4.69, 9.17) is 0 Å². The molecule has 0 aliphatic heterocycles. The molecule has 1 N–H and O–H groups in total. The molecule has 0 unspecified atom stereocenters. The molecular formula is C19H21NO3S2. The van der Waals surface area contributed by atoms with E-state index in [1.165, 1.54) is 41.4 Å². The van der Waals surface area contributed by atoms with Gasteiger partial charge in [-0.05, 0) is 66.8 Å². The second kappa shape index (κ2) is 7.62. The third-order valence-corrected chi connectivity index (χ3v) is 7.06. The van der Waals surface area contributed by atoms with Crippen LogP contribution in [0.25, 0.3) is 0 Å². The first-order valence-electron chi connectivity index (χ1n) is 8.35. The van der Waals surface area contributed by atoms with Gasteiger partial charge >= 0.3 is 0 Å². The van der Waals surface area contributed by atoms with Crippen LogP contribution in [0, 0.1) is 0 Å². The monoisotopic (exact) mass is 375 g/mol. The molecule has 0 heterocycles. The zero-order valence-electron chi connectivity index (χ0n) is 14.1. The van der Waals surface area contributed by atoms with Crippen molar-refractivity contribution in [2.75, 3.05) is 16.8 Å². The fraction of sp³-hybridized carbons (Fsp3) is 0.316. The maximum atomic E-state index is 12.1. The van der Waals surface area contributed by atoms with Crippen LogP contribution >= 0.6 is 11.8 Å². The number of amides is 1. The lowest BCUT2D eigenvalue weighted by atomic mass is 10.1. The molecule has 0 aromatic heterocycles. The highest BCUT2D eigenvalue weighted by molar-refractivity contribution is 8.00. The molecule has 3 rings (SSSR count). The fourth-order valence-electron chi connectivity index (χ4n) is 2.90. The minimum atomic E-state index is -3.21. The zero-order valence-corrected chi connectivity index (χ0v) is 15.8. The molecular weight excluding hydrogens is 354 g/mol. The predicted octanol–water partition coefficient (Wildman–Crippen LogP) is 3.70. The molecule has 6 heteroatoms. The van der Waals surface area contributed by atoms with Gasteiger partial charge in [-0.1, -0.05) is 13.0 Å². The number of carbonyl (C=O) groups excluding carboxylic acids is 1. The second-order valence-corrected chi connectivity index (χ2v) is 9.38. The summed E-state index contributed by atoms with van der Waals surface area (Å²) >= 11 is 1.52. The summed E-state index contributed by atoms with van der Waals surface area (Å²) in [5.74, 6) is 0.292. The number of sulfone groups is 1. The van der Waals surface area contributed by atoms with Crippen LogP contribution in [0.3, 0.4) is 0 Å². The third kappa shape index (κ3) is 4.44. The van der Waals surface area contributed by atoms with Crippen molar-refractivity contribution in [3.05, 3.63) is 53.6 Å². The van der Waals surface area contributed by atoms with Gasteiger partial charge in [0.25, 0.3) is 0 Å². The molecule has 0 atom stereocenters. The summed E-state index contributed by atoms with van der Waals surface area (Å²) in [6.45, 7) is 1.61. The maximum absolute atomic E-state index is 12.1. The van der Waals surface area contributed by atoms with Crippen LogP contribution in [0.2, 0.25) is 0 Å². The van der Waals surface area contributed by atoms with Gasteiger partial charge in [0, 0.05) is 10.6 Å². The van der Waals surface area contributed by atoms with E-state index in [-0.39, 0.29) is 16.6 Å². The van der Waals surface area contributed by atoms with E-state index < -0.39 is 9.84 Å². The zero-order chi connectivity index (χ0) is 17.9. The quantitative estimate of drug-likeness (QED) is 0.782. The fourth-order valence-corrected chi connectivity index (χ4v) is 4.54. The third-order valence-electron chi connectivity index (χ3n) is 4.32. The number of hydrogen-bond acceptors (Lipinski definition) is 4. The van der Waals surface area contributed by atoms with Gasteiger partial charge in [0.15, 0.2) is 9.84 Å². The lowest BCUT2D eigenvalue weighted by Gasteiger charge is -2.08. The Labute approximate surface area is 152 Å². The Balaban J connectivity index is 1.56. The molecule has 0 saturated heterocycles. The van der Waals surface area contributed by atoms with Gasteiger partial charge < -0.3 is 5.32 Å². The number of rotatable bonds is 6. The van der Waals surface area contributed by atoms with Crippen molar-refractivity contribution < 1.29 is 13.2 Å². The number of hydrogen-bond donors (Lipinski definition) is 1. The highest BCUT2D eigenvalue weighted by atomic mass is 32.2. The standard InChI is InChI=1S/C19H21NO3S2/c1-2-25(22,23)18-10-7-16(8-11-18)20-19(21)13-24-17-9-6-14-4-3-5-15(14)12-17/h6-12H,2-5,13H2,1H3,(H,20,21). The van der Waals surface area contributed by atoms with Crippen molar-refractivity contribution in [1.82, 2.24) is 0 Å². The smallest absolute Gasteiger partial charge is 0.234 e. The van der Waals surface area contributed by atoms with Crippen molar-refractivity contribution in [2.24, 2.45) is 0 Å². The Kier molecular flexibility index (Phi) is 5.49. The number of aryl methyl sites for hydroxylation is 2. The molecule has 132 valence electrons. The van der Waals surface area contributed by atoms with E-state index in [9.17, 15) is 13.2 Å². The highest BCUT2D eigenvalue weighted by Crippen LogP contribution is 2.27. The summed E-state index contributed by atoms with van der Waals surface area (Å²) in [6, 6.07) is 12.7. The van der Waals surface area contributed by atoms with E-state index in [0.717, 1.165) is 17.7 Å². The molecule has 0 radical (unpaired) electrons. The van der Waals surface area contributed by atoms with Gasteiger partial charge in [0.05, 0.1) is 16.4 Å². The van der Waals surface area contributed by atoms with Crippen LogP contribution in [0.15, 0.2) is 52.3 Å². The number of benzene rings is 2. The molecule has 1 aliphatic carbocycles. The number of thioether (sulfide) groups is 1. The van der Waals surface area contributed by atoms with E-state index in [1.54, 1.807) is 19.1 Å². The van der Waals surface area contributed by atoms with Crippen molar-refractivity contribution in [3.8, 4) is 0 Å². The van der Waals surface area contributed by atoms with E-state index in [2.05, 4.69) is 23.5 Å². The Hall–Kier alpha value is -1.79. The maximum Gasteiger partial charge on any atom is 0.234 e. The summed E-state index contributed by atoms with van der Waals surface area (Å²) < 4.78 is 23.6. The summed E-state index contributed by atoms with van der Waals surface area (Å²) in [5.41, 5.74) is 3.43. The second-order valence-electron chi connectivity index (χ2n) is 6.05. The largest absolute Gasteiger partial charge is 0.325 e. The summed E-state index contributed by atoms with van der Waals surface area (Å²) in [4.78, 5) is 13.5. The molecule has 25 heavy (non-hydrogen) atoms. The lowest BCUT2D eigenvalue weighted by Crippen LogP contribution is -2.14. The Bertz CT molecular complexity index is 874. The van der Waals surface area contributed by atoms with Crippen molar-refractivity contribution in [3.63, 3.8) is 0 Å². The molecule has 0 spiro atoms. The minimum absolute atomic E-state index is 0.0656. The molecule has 2 aromatic carbocycles. The highest BCUT2D eigenvalue weighted by Gasteiger charge is 2.13. The first-order valence-corrected chi connectivity index (χ1v) is 11.0. The number of nitrogens with one attached hydrogen (secondary N) is 1. The normalized spacial score (nSPS) is 13.5. The van der Waals surface area contributed by atoms with Gasteiger partial charge in [-0.3, -0.25) is 4.79 Å². The molecule has 0 bridgehead atoms. The molecule has 0 saturated carbocycles. The van der Waals surface area contributed by atoms with Gasteiger partial charge in [0.2, 0.25) is 5.91 Å². The van der Waals surface area contributed by atoms with Gasteiger partial charge in [-0.15, -0.1) is 11.8 Å². The first kappa shape index (κ1) is 18.0. The molecule has 1 amide bonds. The van der Waals surface area contributed by atoms with Crippen LogP contribution in [0.4, 0.5) is 5.69 Å². The average Bonchev–Trinajstić information content (AvgIpc) is 3.08. The molecule has 4 nitrogen and oxygen atoms in total. The number of fused-ring (bicyclic) bond motifs is 1. The Morgan fingerprint density at radius 3 is 2.52 bits per heavy atom. The summed E-state index contributed by atoms with van der Waals surface area (Å²) in [5, 5.41) is 2.81. The molecule has 0 fully saturated rings. The molecule has 2 aromatic rings. The van der Waals surface area contributed by atoms with Gasteiger partial charge in [-0.2, -0.15) is 0 Å². The molecule has 1 aliphatic rings. The number of anilines is 1. The summed E-state index contributed by atoms with van der Waals surface area (Å²) in [6.07, 6.45) is 3.50. The Morgan fingerprint density at radius 1 is 1.08 bits per heavy atom. The van der Waals surface area contributed by atoms with Crippen molar-refractivity contribution in [1.29, 1.82) is 0 Å².